The number of hydrogen-bond donors (Lipinski definition) is 0. The summed E-state index contributed by atoms with van der Waals surface area (Å²) in [5.74, 6) is 1.45. The van der Waals surface area contributed by atoms with E-state index in [9.17, 15) is 4.79 Å². The van der Waals surface area contributed by atoms with Crippen LogP contribution in [0.1, 0.15) is 11.1 Å². The maximum Gasteiger partial charge on any atom is 0.248 e. The molecule has 0 spiro atoms. The summed E-state index contributed by atoms with van der Waals surface area (Å²) in [6.07, 6.45) is 0.825. The number of ether oxygens (including phenoxy) is 3. The van der Waals surface area contributed by atoms with Crippen molar-refractivity contribution in [2.24, 2.45) is 0 Å². The standard InChI is InChI=1S/C14H19NO4/c1-17-9-14(16)15-5-4-10-6-12(18-2)13(19-3)7-11(10)8-15/h6-7H,4-5,8-9H2,1-3H3. The van der Waals surface area contributed by atoms with Gasteiger partial charge in [-0.1, -0.05) is 0 Å². The van der Waals surface area contributed by atoms with Gasteiger partial charge in [0.25, 0.3) is 0 Å². The molecule has 0 radical (unpaired) electrons. The topological polar surface area (TPSA) is 48.0 Å². The molecule has 104 valence electrons. The molecule has 0 fully saturated rings. The van der Waals surface area contributed by atoms with Crippen LogP contribution >= 0.6 is 0 Å². The summed E-state index contributed by atoms with van der Waals surface area (Å²) in [4.78, 5) is 13.6. The van der Waals surface area contributed by atoms with E-state index in [1.165, 1.54) is 12.7 Å². The highest BCUT2D eigenvalue weighted by atomic mass is 16.5. The lowest BCUT2D eigenvalue weighted by Gasteiger charge is -2.29. The van der Waals surface area contributed by atoms with Gasteiger partial charge >= 0.3 is 0 Å². The zero-order chi connectivity index (χ0) is 13.8. The van der Waals surface area contributed by atoms with E-state index in [4.69, 9.17) is 14.2 Å². The quantitative estimate of drug-likeness (QED) is 0.821. The van der Waals surface area contributed by atoms with Crippen LogP contribution in [0.15, 0.2) is 12.1 Å². The Hall–Kier alpha value is -1.75. The van der Waals surface area contributed by atoms with E-state index in [0.717, 1.165) is 17.7 Å². The first-order chi connectivity index (χ1) is 9.19. The molecule has 1 amide bonds. The van der Waals surface area contributed by atoms with Crippen LogP contribution < -0.4 is 9.47 Å². The van der Waals surface area contributed by atoms with Gasteiger partial charge in [-0.15, -0.1) is 0 Å². The summed E-state index contributed by atoms with van der Waals surface area (Å²) in [7, 11) is 4.77. The molecular formula is C14H19NO4. The van der Waals surface area contributed by atoms with Crippen molar-refractivity contribution in [1.82, 2.24) is 4.90 Å². The number of hydrogen-bond acceptors (Lipinski definition) is 4. The molecule has 0 saturated heterocycles. The molecule has 19 heavy (non-hydrogen) atoms. The van der Waals surface area contributed by atoms with Crippen molar-refractivity contribution >= 4 is 5.91 Å². The zero-order valence-electron chi connectivity index (χ0n) is 11.6. The predicted octanol–water partition coefficient (Wildman–Crippen LogP) is 1.23. The van der Waals surface area contributed by atoms with Crippen molar-refractivity contribution < 1.29 is 19.0 Å². The van der Waals surface area contributed by atoms with E-state index < -0.39 is 0 Å². The molecule has 0 saturated carbocycles. The van der Waals surface area contributed by atoms with Gasteiger partial charge in [0.2, 0.25) is 5.91 Å². The van der Waals surface area contributed by atoms with Crippen LogP contribution in [0.5, 0.6) is 11.5 Å². The summed E-state index contributed by atoms with van der Waals surface area (Å²) >= 11 is 0. The van der Waals surface area contributed by atoms with Crippen LogP contribution in [-0.4, -0.2) is 45.3 Å². The SMILES string of the molecule is COCC(=O)N1CCc2cc(OC)c(OC)cc2C1. The molecule has 1 aromatic rings. The molecule has 1 aliphatic rings. The second-order valence-corrected chi connectivity index (χ2v) is 4.47. The lowest BCUT2D eigenvalue weighted by atomic mass is 9.99. The first-order valence-corrected chi connectivity index (χ1v) is 6.20. The second kappa shape index (κ2) is 5.93. The highest BCUT2D eigenvalue weighted by molar-refractivity contribution is 5.77. The molecule has 0 atom stereocenters. The summed E-state index contributed by atoms with van der Waals surface area (Å²) in [5.41, 5.74) is 2.31. The third-order valence-electron chi connectivity index (χ3n) is 3.34. The molecule has 5 nitrogen and oxygen atoms in total. The first kappa shape index (κ1) is 13.7. The Bertz CT molecular complexity index is 473. The van der Waals surface area contributed by atoms with E-state index in [1.807, 2.05) is 12.1 Å². The number of benzene rings is 1. The zero-order valence-corrected chi connectivity index (χ0v) is 11.6. The third-order valence-corrected chi connectivity index (χ3v) is 3.34. The number of methoxy groups -OCH3 is 3. The van der Waals surface area contributed by atoms with Crippen LogP contribution in [0.25, 0.3) is 0 Å². The number of rotatable bonds is 4. The Kier molecular flexibility index (Phi) is 4.27. The highest BCUT2D eigenvalue weighted by Gasteiger charge is 2.22. The lowest BCUT2D eigenvalue weighted by Crippen LogP contribution is -2.38. The third kappa shape index (κ3) is 2.81. The smallest absolute Gasteiger partial charge is 0.248 e. The fourth-order valence-corrected chi connectivity index (χ4v) is 2.31. The largest absolute Gasteiger partial charge is 0.493 e. The van der Waals surface area contributed by atoms with Gasteiger partial charge in [-0.3, -0.25) is 4.79 Å². The van der Waals surface area contributed by atoms with E-state index in [1.54, 1.807) is 19.1 Å². The molecule has 1 heterocycles. The van der Waals surface area contributed by atoms with Gasteiger partial charge in [-0.2, -0.15) is 0 Å². The maximum atomic E-state index is 11.8. The van der Waals surface area contributed by atoms with E-state index in [-0.39, 0.29) is 12.5 Å². The molecule has 2 rings (SSSR count). The summed E-state index contributed by atoms with van der Waals surface area (Å²) in [6, 6.07) is 3.94. The van der Waals surface area contributed by atoms with E-state index in [0.29, 0.717) is 18.8 Å². The number of amides is 1. The molecule has 0 bridgehead atoms. The van der Waals surface area contributed by atoms with Crippen LogP contribution in [0, 0.1) is 0 Å². The van der Waals surface area contributed by atoms with Gasteiger partial charge in [0.1, 0.15) is 6.61 Å². The Labute approximate surface area is 113 Å². The monoisotopic (exact) mass is 265 g/mol. The Morgan fingerprint density at radius 3 is 2.37 bits per heavy atom. The summed E-state index contributed by atoms with van der Waals surface area (Å²) < 4.78 is 15.5. The maximum absolute atomic E-state index is 11.8. The van der Waals surface area contributed by atoms with Crippen molar-refractivity contribution in [3.05, 3.63) is 23.3 Å². The molecular weight excluding hydrogens is 246 g/mol. The Balaban J connectivity index is 2.22. The average molecular weight is 265 g/mol. The Morgan fingerprint density at radius 2 is 1.79 bits per heavy atom. The first-order valence-electron chi connectivity index (χ1n) is 6.20. The van der Waals surface area contributed by atoms with Gasteiger partial charge in [0, 0.05) is 20.2 Å². The number of carbonyl (C=O) groups excluding carboxylic acids is 1. The summed E-state index contributed by atoms with van der Waals surface area (Å²) in [5, 5.41) is 0. The normalized spacial score (nSPS) is 13.9. The number of carbonyl (C=O) groups is 1. The van der Waals surface area contributed by atoms with Crippen LogP contribution in [0.4, 0.5) is 0 Å². The Morgan fingerprint density at radius 1 is 1.16 bits per heavy atom. The van der Waals surface area contributed by atoms with Crippen LogP contribution in [-0.2, 0) is 22.5 Å². The van der Waals surface area contributed by atoms with E-state index >= 15 is 0 Å². The fraction of sp³-hybridized carbons (Fsp3) is 0.500. The molecule has 5 heteroatoms. The van der Waals surface area contributed by atoms with Gasteiger partial charge in [0.05, 0.1) is 14.2 Å². The lowest BCUT2D eigenvalue weighted by molar-refractivity contribution is -0.136. The second-order valence-electron chi connectivity index (χ2n) is 4.47. The van der Waals surface area contributed by atoms with Gasteiger partial charge in [-0.25, -0.2) is 0 Å². The van der Waals surface area contributed by atoms with Gasteiger partial charge < -0.3 is 19.1 Å². The van der Waals surface area contributed by atoms with Crippen LogP contribution in [0.3, 0.4) is 0 Å². The summed E-state index contributed by atoms with van der Waals surface area (Å²) in [6.45, 7) is 1.44. The highest BCUT2D eigenvalue weighted by Crippen LogP contribution is 2.33. The number of nitrogens with zero attached hydrogens (tertiary/aromatic N) is 1. The molecule has 0 aliphatic carbocycles. The fourth-order valence-electron chi connectivity index (χ4n) is 2.31. The minimum absolute atomic E-state index is 0.0166. The predicted molar refractivity (Wildman–Crippen MR) is 70.5 cm³/mol. The van der Waals surface area contributed by atoms with E-state index in [2.05, 4.69) is 0 Å². The average Bonchev–Trinajstić information content (AvgIpc) is 2.45. The van der Waals surface area contributed by atoms with Crippen molar-refractivity contribution in [2.75, 3.05) is 34.5 Å². The van der Waals surface area contributed by atoms with Crippen molar-refractivity contribution in [2.45, 2.75) is 13.0 Å². The van der Waals surface area contributed by atoms with Crippen molar-refractivity contribution in [1.29, 1.82) is 0 Å². The minimum atomic E-state index is 0.0166. The molecule has 1 aromatic carbocycles. The molecule has 0 unspecified atom stereocenters. The van der Waals surface area contributed by atoms with Gasteiger partial charge in [0.15, 0.2) is 11.5 Å². The van der Waals surface area contributed by atoms with Crippen LogP contribution in [0.2, 0.25) is 0 Å². The molecule has 0 N–H and O–H groups in total. The van der Waals surface area contributed by atoms with Gasteiger partial charge in [-0.05, 0) is 29.7 Å². The van der Waals surface area contributed by atoms with Crippen molar-refractivity contribution in [3.8, 4) is 11.5 Å². The minimum Gasteiger partial charge on any atom is -0.493 e. The van der Waals surface area contributed by atoms with Crippen molar-refractivity contribution in [3.63, 3.8) is 0 Å². The number of fused-ring (bicyclic) bond motifs is 1. The molecule has 1 aliphatic heterocycles. The molecule has 0 aromatic heterocycles.